The van der Waals surface area contributed by atoms with E-state index in [4.69, 9.17) is 4.74 Å². The van der Waals surface area contributed by atoms with Gasteiger partial charge in [0.15, 0.2) is 0 Å². The van der Waals surface area contributed by atoms with Gasteiger partial charge in [-0.15, -0.1) is 0 Å². The normalized spacial score (nSPS) is 27.0. The predicted octanol–water partition coefficient (Wildman–Crippen LogP) is 1.49. The summed E-state index contributed by atoms with van der Waals surface area (Å²) in [7, 11) is 0. The lowest BCUT2D eigenvalue weighted by atomic mass is 9.86. The van der Waals surface area contributed by atoms with Crippen molar-refractivity contribution in [2.24, 2.45) is 5.92 Å². The molecule has 0 spiro atoms. The standard InChI is InChI=1S/C11H19NO2/c1-4-14-11(13)10-9(8(2)3)6-5-7-12-10/h9-10,12H,2,4-7H2,1,3H3. The largest absolute Gasteiger partial charge is 0.465 e. The van der Waals surface area contributed by atoms with E-state index in [1.54, 1.807) is 0 Å². The summed E-state index contributed by atoms with van der Waals surface area (Å²) in [4.78, 5) is 11.6. The molecule has 14 heavy (non-hydrogen) atoms. The van der Waals surface area contributed by atoms with Gasteiger partial charge in [0.2, 0.25) is 0 Å². The summed E-state index contributed by atoms with van der Waals surface area (Å²) in [6.07, 6.45) is 2.14. The Labute approximate surface area is 85.5 Å². The highest BCUT2D eigenvalue weighted by Gasteiger charge is 2.31. The Kier molecular flexibility index (Phi) is 4.14. The maximum Gasteiger partial charge on any atom is 0.323 e. The molecule has 0 aromatic heterocycles. The molecular formula is C11H19NO2. The number of piperidine rings is 1. The Bertz CT molecular complexity index is 225. The lowest BCUT2D eigenvalue weighted by Gasteiger charge is -2.31. The highest BCUT2D eigenvalue weighted by Crippen LogP contribution is 2.23. The highest BCUT2D eigenvalue weighted by molar-refractivity contribution is 5.76. The molecule has 2 atom stereocenters. The van der Waals surface area contributed by atoms with Crippen molar-refractivity contribution in [2.45, 2.75) is 32.7 Å². The van der Waals surface area contributed by atoms with E-state index in [1.165, 1.54) is 0 Å². The van der Waals surface area contributed by atoms with E-state index in [2.05, 4.69) is 11.9 Å². The molecule has 0 aliphatic carbocycles. The van der Waals surface area contributed by atoms with Crippen LogP contribution in [-0.2, 0) is 9.53 Å². The van der Waals surface area contributed by atoms with Crippen molar-refractivity contribution < 1.29 is 9.53 Å². The number of hydrogen-bond acceptors (Lipinski definition) is 3. The van der Waals surface area contributed by atoms with Crippen molar-refractivity contribution in [1.82, 2.24) is 5.32 Å². The molecule has 1 rings (SSSR count). The van der Waals surface area contributed by atoms with Crippen molar-refractivity contribution in [1.29, 1.82) is 0 Å². The summed E-state index contributed by atoms with van der Waals surface area (Å²) in [5, 5.41) is 3.20. The predicted molar refractivity (Wildman–Crippen MR) is 56.0 cm³/mol. The summed E-state index contributed by atoms with van der Waals surface area (Å²) in [5.74, 6) is 0.100. The van der Waals surface area contributed by atoms with Gasteiger partial charge in [0, 0.05) is 5.92 Å². The van der Waals surface area contributed by atoms with Gasteiger partial charge in [0.05, 0.1) is 6.61 Å². The quantitative estimate of drug-likeness (QED) is 0.550. The molecule has 0 saturated carbocycles. The van der Waals surface area contributed by atoms with E-state index < -0.39 is 0 Å². The van der Waals surface area contributed by atoms with Gasteiger partial charge < -0.3 is 10.1 Å². The van der Waals surface area contributed by atoms with Gasteiger partial charge >= 0.3 is 5.97 Å². The van der Waals surface area contributed by atoms with Crippen LogP contribution >= 0.6 is 0 Å². The molecule has 3 nitrogen and oxygen atoms in total. The van der Waals surface area contributed by atoms with Crippen LogP contribution in [0.1, 0.15) is 26.7 Å². The maximum atomic E-state index is 11.6. The second kappa shape index (κ2) is 5.15. The number of carbonyl (C=O) groups is 1. The third kappa shape index (κ3) is 2.58. The van der Waals surface area contributed by atoms with Crippen molar-refractivity contribution >= 4 is 5.97 Å². The minimum atomic E-state index is -0.179. The van der Waals surface area contributed by atoms with Gasteiger partial charge in [-0.1, -0.05) is 12.2 Å². The van der Waals surface area contributed by atoms with Crippen LogP contribution in [0, 0.1) is 5.92 Å². The van der Waals surface area contributed by atoms with Crippen molar-refractivity contribution in [3.05, 3.63) is 12.2 Å². The molecule has 1 aliphatic heterocycles. The van der Waals surface area contributed by atoms with Crippen LogP contribution in [0.2, 0.25) is 0 Å². The first-order valence-electron chi connectivity index (χ1n) is 5.22. The van der Waals surface area contributed by atoms with E-state index in [0.29, 0.717) is 6.61 Å². The van der Waals surface area contributed by atoms with E-state index in [1.807, 2.05) is 13.8 Å². The molecule has 1 fully saturated rings. The van der Waals surface area contributed by atoms with Crippen LogP contribution in [0.5, 0.6) is 0 Å². The number of nitrogens with one attached hydrogen (secondary N) is 1. The van der Waals surface area contributed by atoms with Crippen LogP contribution < -0.4 is 5.32 Å². The molecule has 80 valence electrons. The first-order chi connectivity index (χ1) is 6.66. The molecule has 2 unspecified atom stereocenters. The summed E-state index contributed by atoms with van der Waals surface area (Å²) in [6, 6.07) is -0.179. The lowest BCUT2D eigenvalue weighted by Crippen LogP contribution is -2.48. The van der Waals surface area contributed by atoms with Crippen LogP contribution in [0.4, 0.5) is 0 Å². The maximum absolute atomic E-state index is 11.6. The van der Waals surface area contributed by atoms with E-state index in [-0.39, 0.29) is 17.9 Å². The third-order valence-electron chi connectivity index (χ3n) is 2.63. The molecule has 1 aliphatic rings. The van der Waals surface area contributed by atoms with E-state index in [9.17, 15) is 4.79 Å². The molecule has 0 radical (unpaired) electrons. The smallest absolute Gasteiger partial charge is 0.323 e. The van der Waals surface area contributed by atoms with Crippen LogP contribution in [0.15, 0.2) is 12.2 Å². The van der Waals surface area contributed by atoms with Crippen LogP contribution in [0.25, 0.3) is 0 Å². The molecule has 0 bridgehead atoms. The first-order valence-corrected chi connectivity index (χ1v) is 5.22. The third-order valence-corrected chi connectivity index (χ3v) is 2.63. The van der Waals surface area contributed by atoms with Crippen LogP contribution in [-0.4, -0.2) is 25.2 Å². The molecule has 1 saturated heterocycles. The zero-order chi connectivity index (χ0) is 10.6. The number of rotatable bonds is 3. The fourth-order valence-electron chi connectivity index (χ4n) is 1.90. The Morgan fingerprint density at radius 1 is 1.64 bits per heavy atom. The van der Waals surface area contributed by atoms with Crippen LogP contribution in [0.3, 0.4) is 0 Å². The SMILES string of the molecule is C=C(C)C1CCCNC1C(=O)OCC. The van der Waals surface area contributed by atoms with Gasteiger partial charge in [0.25, 0.3) is 0 Å². The second-order valence-corrected chi connectivity index (χ2v) is 3.78. The van der Waals surface area contributed by atoms with Gasteiger partial charge in [-0.05, 0) is 33.2 Å². The van der Waals surface area contributed by atoms with E-state index in [0.717, 1.165) is 25.0 Å². The molecular weight excluding hydrogens is 178 g/mol. The molecule has 3 heteroatoms. The Balaban J connectivity index is 2.62. The fourth-order valence-corrected chi connectivity index (χ4v) is 1.90. The zero-order valence-corrected chi connectivity index (χ0v) is 9.01. The van der Waals surface area contributed by atoms with Gasteiger partial charge in [-0.2, -0.15) is 0 Å². The topological polar surface area (TPSA) is 38.3 Å². The van der Waals surface area contributed by atoms with Gasteiger partial charge in [-0.25, -0.2) is 0 Å². The molecule has 1 heterocycles. The Morgan fingerprint density at radius 3 is 2.93 bits per heavy atom. The van der Waals surface area contributed by atoms with E-state index >= 15 is 0 Å². The van der Waals surface area contributed by atoms with Crippen molar-refractivity contribution in [3.63, 3.8) is 0 Å². The summed E-state index contributed by atoms with van der Waals surface area (Å²) in [5.41, 5.74) is 1.07. The lowest BCUT2D eigenvalue weighted by molar-refractivity contribution is -0.147. The molecule has 0 amide bonds. The first kappa shape index (κ1) is 11.2. The molecule has 0 aromatic carbocycles. The zero-order valence-electron chi connectivity index (χ0n) is 9.01. The monoisotopic (exact) mass is 197 g/mol. The van der Waals surface area contributed by atoms with Crippen molar-refractivity contribution in [2.75, 3.05) is 13.2 Å². The Morgan fingerprint density at radius 2 is 2.36 bits per heavy atom. The summed E-state index contributed by atoms with van der Waals surface area (Å²) in [6.45, 7) is 9.07. The number of carbonyl (C=O) groups excluding carboxylic acids is 1. The van der Waals surface area contributed by atoms with Crippen molar-refractivity contribution in [3.8, 4) is 0 Å². The Hall–Kier alpha value is -0.830. The molecule has 1 N–H and O–H groups in total. The summed E-state index contributed by atoms with van der Waals surface area (Å²) >= 11 is 0. The highest BCUT2D eigenvalue weighted by atomic mass is 16.5. The number of hydrogen-bond donors (Lipinski definition) is 1. The average Bonchev–Trinajstić information content (AvgIpc) is 2.18. The second-order valence-electron chi connectivity index (χ2n) is 3.78. The minimum Gasteiger partial charge on any atom is -0.465 e. The average molecular weight is 197 g/mol. The summed E-state index contributed by atoms with van der Waals surface area (Å²) < 4.78 is 5.02. The van der Waals surface area contributed by atoms with Gasteiger partial charge in [-0.3, -0.25) is 4.79 Å². The van der Waals surface area contributed by atoms with Gasteiger partial charge in [0.1, 0.15) is 6.04 Å². The minimum absolute atomic E-state index is 0.139. The number of ether oxygens (including phenoxy) is 1. The fraction of sp³-hybridized carbons (Fsp3) is 0.727. The number of esters is 1. The molecule has 0 aromatic rings.